The maximum atomic E-state index is 12.5. The molecule has 3 aliphatic heterocycles. The van der Waals surface area contributed by atoms with Crippen LogP contribution in [0.2, 0.25) is 0 Å². The van der Waals surface area contributed by atoms with Crippen molar-refractivity contribution in [1.82, 2.24) is 19.6 Å². The number of carbonyl (C=O) groups is 2. The lowest BCUT2D eigenvalue weighted by atomic mass is 10.0. The summed E-state index contributed by atoms with van der Waals surface area (Å²) in [6.45, 7) is 4.79. The second-order valence-corrected chi connectivity index (χ2v) is 7.26. The first kappa shape index (κ1) is 17.5. The quantitative estimate of drug-likeness (QED) is 0.735. The van der Waals surface area contributed by atoms with Crippen molar-refractivity contribution in [3.8, 4) is 0 Å². The molecular formula is C18H26N4O4. The molecule has 1 aromatic rings. The third-order valence-corrected chi connectivity index (χ3v) is 5.72. The topological polar surface area (TPSA) is 76.9 Å². The lowest BCUT2D eigenvalue weighted by molar-refractivity contribution is -0.142. The summed E-state index contributed by atoms with van der Waals surface area (Å²) in [6.07, 6.45) is 3.60. The molecule has 0 radical (unpaired) electrons. The summed E-state index contributed by atoms with van der Waals surface area (Å²) in [5.41, 5.74) is 1.43. The van der Waals surface area contributed by atoms with Gasteiger partial charge in [-0.25, -0.2) is 4.79 Å². The normalized spacial score (nSPS) is 24.5. The largest absolute Gasteiger partial charge is 0.464 e. The van der Waals surface area contributed by atoms with Crippen molar-refractivity contribution in [2.24, 2.45) is 0 Å². The third kappa shape index (κ3) is 3.35. The molecule has 142 valence electrons. The average molecular weight is 362 g/mol. The highest BCUT2D eigenvalue weighted by Gasteiger charge is 2.33. The molecule has 0 N–H and O–H groups in total. The van der Waals surface area contributed by atoms with Crippen LogP contribution in [-0.4, -0.2) is 77.0 Å². The zero-order valence-electron chi connectivity index (χ0n) is 15.2. The van der Waals surface area contributed by atoms with Crippen LogP contribution in [0.1, 0.15) is 41.9 Å². The minimum absolute atomic E-state index is 0.167. The lowest BCUT2D eigenvalue weighted by Gasteiger charge is -2.40. The number of hydrogen-bond donors (Lipinski definition) is 0. The van der Waals surface area contributed by atoms with Gasteiger partial charge in [-0.05, 0) is 31.7 Å². The van der Waals surface area contributed by atoms with Crippen molar-refractivity contribution in [3.05, 3.63) is 17.5 Å². The highest BCUT2D eigenvalue weighted by molar-refractivity contribution is 5.87. The maximum Gasteiger partial charge on any atom is 0.358 e. The van der Waals surface area contributed by atoms with Crippen LogP contribution in [0.3, 0.4) is 0 Å². The van der Waals surface area contributed by atoms with E-state index in [1.165, 1.54) is 7.11 Å². The smallest absolute Gasteiger partial charge is 0.358 e. The summed E-state index contributed by atoms with van der Waals surface area (Å²) in [4.78, 5) is 28.6. The first-order valence-corrected chi connectivity index (χ1v) is 9.45. The minimum Gasteiger partial charge on any atom is -0.464 e. The van der Waals surface area contributed by atoms with E-state index in [9.17, 15) is 9.59 Å². The van der Waals surface area contributed by atoms with Gasteiger partial charge in [-0.3, -0.25) is 14.4 Å². The van der Waals surface area contributed by atoms with E-state index in [1.54, 1.807) is 0 Å². The van der Waals surface area contributed by atoms with Gasteiger partial charge >= 0.3 is 5.97 Å². The van der Waals surface area contributed by atoms with Crippen LogP contribution in [0.5, 0.6) is 0 Å². The number of esters is 1. The fourth-order valence-corrected chi connectivity index (χ4v) is 4.23. The Bertz CT molecular complexity index is 675. The summed E-state index contributed by atoms with van der Waals surface area (Å²) in [6, 6.07) is 2.29. The predicted molar refractivity (Wildman–Crippen MR) is 92.6 cm³/mol. The summed E-state index contributed by atoms with van der Waals surface area (Å²) < 4.78 is 12.2. The van der Waals surface area contributed by atoms with Crippen LogP contribution < -0.4 is 0 Å². The van der Waals surface area contributed by atoms with Gasteiger partial charge in [0.15, 0.2) is 5.69 Å². The van der Waals surface area contributed by atoms with E-state index in [-0.39, 0.29) is 18.0 Å². The lowest BCUT2D eigenvalue weighted by Crippen LogP contribution is -2.50. The van der Waals surface area contributed by atoms with E-state index in [2.05, 4.69) is 10.00 Å². The number of ether oxygens (including phenoxy) is 2. The molecule has 1 aromatic heterocycles. The number of nitrogens with zero attached hydrogens (tertiary/aromatic N) is 4. The molecule has 0 spiro atoms. The van der Waals surface area contributed by atoms with Gasteiger partial charge in [0.05, 0.1) is 19.3 Å². The Morgan fingerprint density at radius 1 is 1.19 bits per heavy atom. The first-order valence-electron chi connectivity index (χ1n) is 9.45. The molecule has 1 atom stereocenters. The number of piperidine rings is 1. The average Bonchev–Trinajstić information content (AvgIpc) is 3.36. The standard InChI is InChI=1S/C18H26N4O4/c1-25-18(24)15-11-14-12-21(8-9-22(14)19-15)13-4-6-20(7-5-13)17(23)16-3-2-10-26-16/h11,13,16H,2-10,12H2,1H3/t16-/m0/s1. The zero-order chi connectivity index (χ0) is 18.1. The molecule has 26 heavy (non-hydrogen) atoms. The van der Waals surface area contributed by atoms with Crippen molar-refractivity contribution < 1.29 is 19.1 Å². The van der Waals surface area contributed by atoms with Gasteiger partial charge < -0.3 is 14.4 Å². The first-order chi connectivity index (χ1) is 12.7. The van der Waals surface area contributed by atoms with E-state index in [1.807, 2.05) is 15.6 Å². The molecular weight excluding hydrogens is 336 g/mol. The van der Waals surface area contributed by atoms with E-state index in [0.29, 0.717) is 18.3 Å². The van der Waals surface area contributed by atoms with Crippen LogP contribution in [0.15, 0.2) is 6.07 Å². The Labute approximate surface area is 153 Å². The van der Waals surface area contributed by atoms with Crippen LogP contribution in [-0.2, 0) is 27.4 Å². The molecule has 2 saturated heterocycles. The molecule has 0 bridgehead atoms. The van der Waals surface area contributed by atoms with Crippen LogP contribution in [0, 0.1) is 0 Å². The second kappa shape index (κ2) is 7.36. The number of carbonyl (C=O) groups excluding carboxylic acids is 2. The Morgan fingerprint density at radius 3 is 2.69 bits per heavy atom. The van der Waals surface area contributed by atoms with Gasteiger partial charge in [-0.15, -0.1) is 0 Å². The molecule has 3 aliphatic rings. The summed E-state index contributed by atoms with van der Waals surface area (Å²) in [5, 5.41) is 4.33. The Morgan fingerprint density at radius 2 is 2.00 bits per heavy atom. The maximum absolute atomic E-state index is 12.5. The van der Waals surface area contributed by atoms with Gasteiger partial charge in [0.25, 0.3) is 5.91 Å². The van der Waals surface area contributed by atoms with Crippen LogP contribution >= 0.6 is 0 Å². The van der Waals surface area contributed by atoms with Gasteiger partial charge in [0.2, 0.25) is 0 Å². The fourth-order valence-electron chi connectivity index (χ4n) is 4.23. The van der Waals surface area contributed by atoms with Crippen LogP contribution in [0.4, 0.5) is 0 Å². The van der Waals surface area contributed by atoms with E-state index in [4.69, 9.17) is 9.47 Å². The molecule has 4 rings (SSSR count). The predicted octanol–water partition coefficient (Wildman–Crippen LogP) is 0.655. The number of hydrogen-bond acceptors (Lipinski definition) is 6. The highest BCUT2D eigenvalue weighted by atomic mass is 16.5. The molecule has 0 saturated carbocycles. The Balaban J connectivity index is 1.33. The van der Waals surface area contributed by atoms with E-state index >= 15 is 0 Å². The number of likely N-dealkylation sites (tertiary alicyclic amines) is 1. The monoisotopic (exact) mass is 362 g/mol. The number of aromatic nitrogens is 2. The van der Waals surface area contributed by atoms with E-state index in [0.717, 1.165) is 64.1 Å². The molecule has 1 amide bonds. The summed E-state index contributed by atoms with van der Waals surface area (Å²) in [5.74, 6) is -0.222. The molecule has 2 fully saturated rings. The molecule has 8 heteroatoms. The van der Waals surface area contributed by atoms with Gasteiger partial charge in [-0.2, -0.15) is 5.10 Å². The van der Waals surface area contributed by atoms with Crippen molar-refractivity contribution in [1.29, 1.82) is 0 Å². The minimum atomic E-state index is -0.389. The van der Waals surface area contributed by atoms with E-state index < -0.39 is 0 Å². The molecule has 0 aliphatic carbocycles. The summed E-state index contributed by atoms with van der Waals surface area (Å²) in [7, 11) is 1.37. The molecule has 0 unspecified atom stereocenters. The Hall–Kier alpha value is -1.93. The third-order valence-electron chi connectivity index (χ3n) is 5.72. The number of methoxy groups -OCH3 is 1. The number of fused-ring (bicyclic) bond motifs is 1. The van der Waals surface area contributed by atoms with Gasteiger partial charge in [0.1, 0.15) is 6.10 Å². The second-order valence-electron chi connectivity index (χ2n) is 7.26. The highest BCUT2D eigenvalue weighted by Crippen LogP contribution is 2.24. The van der Waals surface area contributed by atoms with Gasteiger partial charge in [0, 0.05) is 38.8 Å². The SMILES string of the molecule is COC(=O)c1cc2n(n1)CCN(C1CCN(C(=O)[C@@H]3CCCO3)CC1)C2. The Kier molecular flexibility index (Phi) is 4.95. The molecule has 0 aromatic carbocycles. The van der Waals surface area contributed by atoms with Gasteiger partial charge in [-0.1, -0.05) is 0 Å². The van der Waals surface area contributed by atoms with Crippen molar-refractivity contribution in [2.45, 2.75) is 50.9 Å². The molecule has 4 heterocycles. The van der Waals surface area contributed by atoms with Crippen molar-refractivity contribution in [2.75, 3.05) is 33.4 Å². The summed E-state index contributed by atoms with van der Waals surface area (Å²) >= 11 is 0. The number of amides is 1. The molecule has 8 nitrogen and oxygen atoms in total. The van der Waals surface area contributed by atoms with Crippen LogP contribution in [0.25, 0.3) is 0 Å². The fraction of sp³-hybridized carbons (Fsp3) is 0.722. The number of rotatable bonds is 3. The zero-order valence-corrected chi connectivity index (χ0v) is 15.2. The van der Waals surface area contributed by atoms with Crippen molar-refractivity contribution in [3.63, 3.8) is 0 Å². The van der Waals surface area contributed by atoms with Crippen molar-refractivity contribution >= 4 is 11.9 Å².